The van der Waals surface area contributed by atoms with Crippen LogP contribution in [0.1, 0.15) is 38.8 Å². The van der Waals surface area contributed by atoms with E-state index < -0.39 is 0 Å². The number of rotatable bonds is 4. The van der Waals surface area contributed by atoms with Gasteiger partial charge < -0.3 is 10.6 Å². The first-order valence-corrected chi connectivity index (χ1v) is 6.98. The van der Waals surface area contributed by atoms with E-state index in [9.17, 15) is 4.79 Å². The lowest BCUT2D eigenvalue weighted by Gasteiger charge is -2.32. The van der Waals surface area contributed by atoms with Crippen molar-refractivity contribution in [3.63, 3.8) is 0 Å². The molecule has 2 heterocycles. The number of amides is 1. The molecule has 4 nitrogen and oxygen atoms in total. The quantitative estimate of drug-likeness (QED) is 0.870. The van der Waals surface area contributed by atoms with Gasteiger partial charge in [0.15, 0.2) is 0 Å². The number of carbonyl (C=O) groups is 1. The molecule has 1 unspecified atom stereocenters. The van der Waals surface area contributed by atoms with E-state index in [0.717, 1.165) is 25.1 Å². The van der Waals surface area contributed by atoms with Gasteiger partial charge in [-0.25, -0.2) is 0 Å². The molecule has 1 saturated heterocycles. The molecule has 1 aliphatic rings. The fourth-order valence-electron chi connectivity index (χ4n) is 2.72. The van der Waals surface area contributed by atoms with Gasteiger partial charge in [-0.05, 0) is 37.4 Å². The molecular formula is C15H23N3O. The number of pyridine rings is 1. The highest BCUT2D eigenvalue weighted by molar-refractivity contribution is 5.84. The summed E-state index contributed by atoms with van der Waals surface area (Å²) in [7, 11) is 0. The molecule has 0 spiro atoms. The Bertz CT molecular complexity index is 424. The van der Waals surface area contributed by atoms with Crippen molar-refractivity contribution < 1.29 is 4.79 Å². The largest absolute Gasteiger partial charge is 0.349 e. The van der Waals surface area contributed by atoms with E-state index in [1.165, 1.54) is 0 Å². The maximum atomic E-state index is 12.6. The van der Waals surface area contributed by atoms with Crippen LogP contribution in [-0.4, -0.2) is 24.0 Å². The van der Waals surface area contributed by atoms with Crippen molar-refractivity contribution in [3.8, 4) is 0 Å². The van der Waals surface area contributed by atoms with Crippen LogP contribution in [0, 0.1) is 11.3 Å². The minimum absolute atomic E-state index is 0.00238. The lowest BCUT2D eigenvalue weighted by atomic mass is 9.75. The van der Waals surface area contributed by atoms with Crippen LogP contribution in [0.15, 0.2) is 24.5 Å². The molecule has 1 fully saturated rings. The fraction of sp³-hybridized carbons (Fsp3) is 0.600. The van der Waals surface area contributed by atoms with E-state index in [4.69, 9.17) is 0 Å². The van der Waals surface area contributed by atoms with E-state index >= 15 is 0 Å². The second-order valence-electron chi connectivity index (χ2n) is 5.72. The van der Waals surface area contributed by atoms with Crippen molar-refractivity contribution in [2.24, 2.45) is 11.3 Å². The average molecular weight is 261 g/mol. The zero-order valence-electron chi connectivity index (χ0n) is 11.9. The smallest absolute Gasteiger partial charge is 0.228 e. The van der Waals surface area contributed by atoms with E-state index in [1.807, 2.05) is 19.1 Å². The van der Waals surface area contributed by atoms with Crippen LogP contribution < -0.4 is 10.6 Å². The third-order valence-corrected chi connectivity index (χ3v) is 4.28. The third-order valence-electron chi connectivity index (χ3n) is 4.28. The van der Waals surface area contributed by atoms with E-state index in [1.54, 1.807) is 12.4 Å². The highest BCUT2D eigenvalue weighted by Gasteiger charge is 2.44. The van der Waals surface area contributed by atoms with E-state index in [-0.39, 0.29) is 17.4 Å². The Morgan fingerprint density at radius 2 is 2.26 bits per heavy atom. The number of hydrogen-bond donors (Lipinski definition) is 2. The van der Waals surface area contributed by atoms with Gasteiger partial charge in [0.2, 0.25) is 5.91 Å². The van der Waals surface area contributed by atoms with Gasteiger partial charge >= 0.3 is 0 Å². The Kier molecular flexibility index (Phi) is 4.20. The predicted octanol–water partition coefficient (Wildman–Crippen LogP) is 1.89. The predicted molar refractivity (Wildman–Crippen MR) is 75.6 cm³/mol. The van der Waals surface area contributed by atoms with Crippen molar-refractivity contribution in [1.82, 2.24) is 15.6 Å². The van der Waals surface area contributed by atoms with Crippen LogP contribution in [0.25, 0.3) is 0 Å². The lowest BCUT2D eigenvalue weighted by molar-refractivity contribution is -0.133. The molecule has 19 heavy (non-hydrogen) atoms. The summed E-state index contributed by atoms with van der Waals surface area (Å²) in [5.41, 5.74) is 0.775. The lowest BCUT2D eigenvalue weighted by Crippen LogP contribution is -2.46. The molecule has 4 heteroatoms. The Hall–Kier alpha value is -1.42. The van der Waals surface area contributed by atoms with Crippen LogP contribution >= 0.6 is 0 Å². The zero-order chi connectivity index (χ0) is 13.9. The van der Waals surface area contributed by atoms with Gasteiger partial charge in [0.1, 0.15) is 0 Å². The highest BCUT2D eigenvalue weighted by atomic mass is 16.2. The molecule has 104 valence electrons. The Labute approximate surface area is 115 Å². The first-order valence-electron chi connectivity index (χ1n) is 6.98. The molecule has 1 aromatic heterocycles. The Balaban J connectivity index is 2.08. The summed E-state index contributed by atoms with van der Waals surface area (Å²) in [5.74, 6) is 0.493. The minimum atomic E-state index is -0.267. The van der Waals surface area contributed by atoms with Crippen molar-refractivity contribution in [3.05, 3.63) is 30.1 Å². The average Bonchev–Trinajstić information content (AvgIpc) is 2.90. The van der Waals surface area contributed by atoms with Crippen LogP contribution in [-0.2, 0) is 4.79 Å². The molecule has 2 N–H and O–H groups in total. The molecule has 1 aliphatic heterocycles. The fourth-order valence-corrected chi connectivity index (χ4v) is 2.72. The van der Waals surface area contributed by atoms with E-state index in [2.05, 4.69) is 29.5 Å². The molecule has 0 saturated carbocycles. The van der Waals surface area contributed by atoms with Gasteiger partial charge in [-0.3, -0.25) is 9.78 Å². The molecule has 1 aromatic rings. The molecule has 0 aromatic carbocycles. The number of hydrogen-bond acceptors (Lipinski definition) is 3. The highest BCUT2D eigenvalue weighted by Crippen LogP contribution is 2.35. The monoisotopic (exact) mass is 261 g/mol. The standard InChI is InChI=1S/C15H23N3O/c1-11(2)15(6-8-17-10-15)14(19)18-12(3)13-5-4-7-16-9-13/h4-5,7,9,11-12,17H,6,8,10H2,1-3H3,(H,18,19)/t12-,15?/m1/s1. The number of carbonyl (C=O) groups excluding carboxylic acids is 1. The second kappa shape index (κ2) is 5.70. The summed E-state index contributed by atoms with van der Waals surface area (Å²) < 4.78 is 0. The van der Waals surface area contributed by atoms with Gasteiger partial charge in [0.05, 0.1) is 11.5 Å². The normalized spacial score (nSPS) is 24.4. The van der Waals surface area contributed by atoms with Gasteiger partial charge in [0.25, 0.3) is 0 Å². The topological polar surface area (TPSA) is 54.0 Å². The molecule has 2 rings (SSSR count). The maximum Gasteiger partial charge on any atom is 0.228 e. The van der Waals surface area contributed by atoms with Crippen molar-refractivity contribution >= 4 is 5.91 Å². The zero-order valence-corrected chi connectivity index (χ0v) is 11.9. The SMILES string of the molecule is CC(C)C1(C(=O)N[C@H](C)c2cccnc2)CCNC1. The summed E-state index contributed by atoms with van der Waals surface area (Å²) >= 11 is 0. The summed E-state index contributed by atoms with van der Waals surface area (Å²) in [6.45, 7) is 7.96. The van der Waals surface area contributed by atoms with Gasteiger partial charge in [-0.15, -0.1) is 0 Å². The number of nitrogens with zero attached hydrogens (tertiary/aromatic N) is 1. The molecule has 0 bridgehead atoms. The minimum Gasteiger partial charge on any atom is -0.349 e. The molecule has 0 radical (unpaired) electrons. The summed E-state index contributed by atoms with van der Waals surface area (Å²) in [5, 5.41) is 6.46. The van der Waals surface area contributed by atoms with E-state index in [0.29, 0.717) is 5.92 Å². The van der Waals surface area contributed by atoms with Crippen LogP contribution in [0.3, 0.4) is 0 Å². The Morgan fingerprint density at radius 1 is 1.47 bits per heavy atom. The summed E-state index contributed by atoms with van der Waals surface area (Å²) in [6.07, 6.45) is 4.46. The molecule has 0 aliphatic carbocycles. The van der Waals surface area contributed by atoms with Gasteiger partial charge in [-0.2, -0.15) is 0 Å². The number of nitrogens with one attached hydrogen (secondary N) is 2. The second-order valence-corrected chi connectivity index (χ2v) is 5.72. The van der Waals surface area contributed by atoms with Crippen molar-refractivity contribution in [2.45, 2.75) is 33.2 Å². The van der Waals surface area contributed by atoms with Crippen LogP contribution in [0.4, 0.5) is 0 Å². The van der Waals surface area contributed by atoms with Crippen LogP contribution in [0.5, 0.6) is 0 Å². The van der Waals surface area contributed by atoms with Gasteiger partial charge in [-0.1, -0.05) is 19.9 Å². The summed E-state index contributed by atoms with van der Waals surface area (Å²) in [4.78, 5) is 16.7. The molecule has 2 atom stereocenters. The maximum absolute atomic E-state index is 12.6. The van der Waals surface area contributed by atoms with Gasteiger partial charge in [0, 0.05) is 18.9 Å². The van der Waals surface area contributed by atoms with Crippen molar-refractivity contribution in [2.75, 3.05) is 13.1 Å². The number of aromatic nitrogens is 1. The molecular weight excluding hydrogens is 238 g/mol. The molecule has 1 amide bonds. The van der Waals surface area contributed by atoms with Crippen LogP contribution in [0.2, 0.25) is 0 Å². The first kappa shape index (κ1) is 14.0. The third kappa shape index (κ3) is 2.78. The summed E-state index contributed by atoms with van der Waals surface area (Å²) in [6, 6.07) is 3.89. The first-order chi connectivity index (χ1) is 9.06. The van der Waals surface area contributed by atoms with Crippen molar-refractivity contribution in [1.29, 1.82) is 0 Å². The Morgan fingerprint density at radius 3 is 2.79 bits per heavy atom.